The minimum atomic E-state index is 0. The summed E-state index contributed by atoms with van der Waals surface area (Å²) in [7, 11) is 0. The van der Waals surface area contributed by atoms with Crippen molar-refractivity contribution in [3.05, 3.63) is 200 Å². The molecule has 0 fully saturated rings. The third-order valence-corrected chi connectivity index (χ3v) is 9.42. The molecule has 53 heavy (non-hydrogen) atoms. The Morgan fingerprint density at radius 3 is 1.58 bits per heavy atom. The standard InChI is InChI=1S/C49H32N3.Ir/c1-4-15-34(16-5-1)41-28-42(35-17-6-2-7-18-35)30-43(29-41)47-32-48(45-26-13-12-25-44(45)36-19-8-3-9-20-36)52-49(51-47)39-24-14-23-38(27-39)46-31-37-21-10-11-22-40(37)33-50-46;/h1-22,24-33H;/q-1;. The van der Waals surface area contributed by atoms with Gasteiger partial charge < -0.3 is 4.98 Å². The zero-order valence-corrected chi connectivity index (χ0v) is 31.0. The molecular formula is C49H32IrN3-. The van der Waals surface area contributed by atoms with E-state index in [1.54, 1.807) is 0 Å². The summed E-state index contributed by atoms with van der Waals surface area (Å²) in [5.41, 5.74) is 13.2. The number of nitrogens with zero attached hydrogens (tertiary/aromatic N) is 3. The maximum absolute atomic E-state index is 5.31. The number of aromatic nitrogens is 3. The fraction of sp³-hybridized carbons (Fsp3) is 0. The summed E-state index contributed by atoms with van der Waals surface area (Å²) in [6.45, 7) is 0. The molecular weight excluding hydrogens is 823 g/mol. The van der Waals surface area contributed by atoms with Gasteiger partial charge in [0.15, 0.2) is 0 Å². The number of rotatable bonds is 7. The van der Waals surface area contributed by atoms with E-state index in [0.29, 0.717) is 5.82 Å². The van der Waals surface area contributed by atoms with Crippen LogP contribution in [0.5, 0.6) is 0 Å². The van der Waals surface area contributed by atoms with Gasteiger partial charge in [-0.05, 0) is 74.1 Å². The van der Waals surface area contributed by atoms with Gasteiger partial charge in [0.25, 0.3) is 0 Å². The Kier molecular flexibility index (Phi) is 9.64. The van der Waals surface area contributed by atoms with E-state index in [2.05, 4.69) is 170 Å². The Labute approximate surface area is 323 Å². The minimum Gasteiger partial charge on any atom is -0.304 e. The summed E-state index contributed by atoms with van der Waals surface area (Å²) in [5, 5.41) is 2.24. The van der Waals surface area contributed by atoms with Crippen molar-refractivity contribution in [2.24, 2.45) is 0 Å². The molecule has 9 aromatic rings. The van der Waals surface area contributed by atoms with Gasteiger partial charge >= 0.3 is 0 Å². The first kappa shape index (κ1) is 33.8. The molecule has 3 nitrogen and oxygen atoms in total. The molecule has 0 aliphatic carbocycles. The Morgan fingerprint density at radius 1 is 0.358 bits per heavy atom. The SMILES string of the molecule is [Ir].[c-]1ccc(-c2nc(-c3cc(-c4ccccc4)cc(-c4ccccc4)c3)cc(-c3ccccc3-c3ccccc3)n2)cc1-c1cc2ccccc2cn1. The molecule has 0 saturated carbocycles. The second kappa shape index (κ2) is 15.1. The maximum atomic E-state index is 5.31. The summed E-state index contributed by atoms with van der Waals surface area (Å²) in [6.07, 6.45) is 1.92. The maximum Gasteiger partial charge on any atom is 0.142 e. The summed E-state index contributed by atoms with van der Waals surface area (Å²) in [4.78, 5) is 15.4. The first-order chi connectivity index (χ1) is 25.7. The van der Waals surface area contributed by atoms with Crippen LogP contribution in [0.3, 0.4) is 0 Å². The summed E-state index contributed by atoms with van der Waals surface area (Å²) in [5.74, 6) is 0.637. The van der Waals surface area contributed by atoms with Crippen LogP contribution in [0.4, 0.5) is 0 Å². The molecule has 1 radical (unpaired) electrons. The van der Waals surface area contributed by atoms with Crippen molar-refractivity contribution in [3.63, 3.8) is 0 Å². The van der Waals surface area contributed by atoms with E-state index in [9.17, 15) is 0 Å². The van der Waals surface area contributed by atoms with Crippen molar-refractivity contribution in [2.75, 3.05) is 0 Å². The van der Waals surface area contributed by atoms with Crippen LogP contribution in [0.25, 0.3) is 89.3 Å². The monoisotopic (exact) mass is 855 g/mol. The molecule has 0 atom stereocenters. The molecule has 0 spiro atoms. The van der Waals surface area contributed by atoms with E-state index in [0.717, 1.165) is 83.5 Å². The summed E-state index contributed by atoms with van der Waals surface area (Å²) < 4.78 is 0. The molecule has 0 aliphatic heterocycles. The van der Waals surface area contributed by atoms with Gasteiger partial charge in [0.1, 0.15) is 5.82 Å². The molecule has 0 unspecified atom stereocenters. The Balaban J connectivity index is 0.00000400. The second-order valence-electron chi connectivity index (χ2n) is 12.8. The van der Waals surface area contributed by atoms with Gasteiger partial charge in [-0.25, -0.2) is 9.97 Å². The predicted molar refractivity (Wildman–Crippen MR) is 214 cm³/mol. The van der Waals surface area contributed by atoms with Gasteiger partial charge in [-0.1, -0.05) is 151 Å². The molecule has 9 rings (SSSR count). The van der Waals surface area contributed by atoms with E-state index >= 15 is 0 Å². The van der Waals surface area contributed by atoms with Crippen LogP contribution in [0.2, 0.25) is 0 Å². The Morgan fingerprint density at radius 2 is 0.906 bits per heavy atom. The number of hydrogen-bond donors (Lipinski definition) is 0. The van der Waals surface area contributed by atoms with Crippen LogP contribution >= 0.6 is 0 Å². The predicted octanol–water partition coefficient (Wildman–Crippen LogP) is 12.5. The molecule has 4 heteroatoms. The number of pyridine rings is 1. The normalized spacial score (nSPS) is 10.9. The summed E-state index contributed by atoms with van der Waals surface area (Å²) >= 11 is 0. The van der Waals surface area contributed by atoms with E-state index in [1.807, 2.05) is 30.5 Å². The molecule has 0 N–H and O–H groups in total. The Bertz CT molecular complexity index is 2620. The van der Waals surface area contributed by atoms with Crippen molar-refractivity contribution in [2.45, 2.75) is 0 Å². The van der Waals surface area contributed by atoms with Crippen LogP contribution in [-0.4, -0.2) is 15.0 Å². The van der Waals surface area contributed by atoms with Crippen LogP contribution < -0.4 is 0 Å². The van der Waals surface area contributed by atoms with Crippen molar-refractivity contribution < 1.29 is 20.1 Å². The molecule has 253 valence electrons. The average Bonchev–Trinajstić information content (AvgIpc) is 3.24. The summed E-state index contributed by atoms with van der Waals surface area (Å²) in [6, 6.07) is 68.8. The van der Waals surface area contributed by atoms with Crippen LogP contribution in [-0.2, 0) is 20.1 Å². The molecule has 0 amide bonds. The average molecular weight is 855 g/mol. The van der Waals surface area contributed by atoms with E-state index < -0.39 is 0 Å². The van der Waals surface area contributed by atoms with Crippen LogP contribution in [0.1, 0.15) is 0 Å². The van der Waals surface area contributed by atoms with Gasteiger partial charge in [-0.15, -0.1) is 29.8 Å². The van der Waals surface area contributed by atoms with E-state index in [-0.39, 0.29) is 20.1 Å². The smallest absolute Gasteiger partial charge is 0.142 e. The van der Waals surface area contributed by atoms with E-state index in [1.165, 1.54) is 0 Å². The van der Waals surface area contributed by atoms with Gasteiger partial charge in [0, 0.05) is 37.4 Å². The molecule has 2 aromatic heterocycles. The van der Waals surface area contributed by atoms with Gasteiger partial charge in [-0.3, -0.25) is 0 Å². The number of benzene rings is 7. The van der Waals surface area contributed by atoms with Crippen molar-refractivity contribution >= 4 is 10.8 Å². The third kappa shape index (κ3) is 7.11. The fourth-order valence-electron chi connectivity index (χ4n) is 6.79. The first-order valence-corrected chi connectivity index (χ1v) is 17.4. The molecule has 2 heterocycles. The molecule has 0 saturated heterocycles. The quantitative estimate of drug-likeness (QED) is 0.150. The third-order valence-electron chi connectivity index (χ3n) is 9.42. The van der Waals surface area contributed by atoms with Crippen LogP contribution in [0, 0.1) is 6.07 Å². The zero-order valence-electron chi connectivity index (χ0n) is 28.7. The number of fused-ring (bicyclic) bond motifs is 1. The number of hydrogen-bond acceptors (Lipinski definition) is 3. The zero-order chi connectivity index (χ0) is 34.7. The van der Waals surface area contributed by atoms with E-state index in [4.69, 9.17) is 15.0 Å². The second-order valence-corrected chi connectivity index (χ2v) is 12.8. The molecule has 0 aliphatic rings. The molecule has 0 bridgehead atoms. The van der Waals surface area contributed by atoms with Crippen molar-refractivity contribution in [1.82, 2.24) is 15.0 Å². The topological polar surface area (TPSA) is 38.7 Å². The minimum absolute atomic E-state index is 0. The van der Waals surface area contributed by atoms with Crippen LogP contribution in [0.15, 0.2) is 194 Å². The Hall–Kier alpha value is -6.32. The molecule has 7 aromatic carbocycles. The largest absolute Gasteiger partial charge is 0.304 e. The van der Waals surface area contributed by atoms with Crippen molar-refractivity contribution in [3.8, 4) is 78.5 Å². The first-order valence-electron chi connectivity index (χ1n) is 17.4. The van der Waals surface area contributed by atoms with Gasteiger partial charge in [0.05, 0.1) is 11.4 Å². The van der Waals surface area contributed by atoms with Gasteiger partial charge in [-0.2, -0.15) is 0 Å². The fourth-order valence-corrected chi connectivity index (χ4v) is 6.79. The van der Waals surface area contributed by atoms with Gasteiger partial charge in [0.2, 0.25) is 0 Å². The van der Waals surface area contributed by atoms with Crippen molar-refractivity contribution in [1.29, 1.82) is 0 Å².